The topological polar surface area (TPSA) is 3.24 Å². The van der Waals surface area contributed by atoms with Crippen molar-refractivity contribution in [3.63, 3.8) is 0 Å². The second kappa shape index (κ2) is 6.29. The first-order chi connectivity index (χ1) is 11.1. The molecule has 1 heteroatoms. The predicted octanol–water partition coefficient (Wildman–Crippen LogP) is 6.05. The molecule has 0 N–H and O–H groups in total. The number of rotatable bonds is 3. The highest BCUT2D eigenvalue weighted by atomic mass is 15.1. The molecule has 0 unspecified atom stereocenters. The Morgan fingerprint density at radius 1 is 0.652 bits per heavy atom. The Kier molecular flexibility index (Phi) is 4.20. The zero-order valence-electron chi connectivity index (χ0n) is 14.3. The minimum atomic E-state index is 1.21. The van der Waals surface area contributed by atoms with Gasteiger partial charge in [0.2, 0.25) is 0 Å². The Morgan fingerprint density at radius 3 is 1.74 bits per heavy atom. The van der Waals surface area contributed by atoms with Gasteiger partial charge in [0, 0.05) is 18.4 Å². The number of anilines is 2. The lowest BCUT2D eigenvalue weighted by atomic mass is 10.0. The van der Waals surface area contributed by atoms with Crippen LogP contribution in [0.15, 0.2) is 66.7 Å². The zero-order chi connectivity index (χ0) is 16.4. The van der Waals surface area contributed by atoms with E-state index in [1.54, 1.807) is 0 Å². The van der Waals surface area contributed by atoms with Crippen LogP contribution in [0.2, 0.25) is 0 Å². The molecule has 116 valence electrons. The summed E-state index contributed by atoms with van der Waals surface area (Å²) in [6, 6.07) is 23.8. The number of nitrogens with zero attached hydrogens (tertiary/aromatic N) is 1. The quantitative estimate of drug-likeness (QED) is 0.569. The molecule has 0 aliphatic heterocycles. The van der Waals surface area contributed by atoms with E-state index >= 15 is 0 Å². The van der Waals surface area contributed by atoms with Gasteiger partial charge in [0.15, 0.2) is 0 Å². The Bertz CT molecular complexity index is 778. The Labute approximate surface area is 139 Å². The molecular formula is C22H23N. The summed E-state index contributed by atoms with van der Waals surface area (Å²) >= 11 is 0. The maximum Gasteiger partial charge on any atom is 0.0467 e. The lowest BCUT2D eigenvalue weighted by molar-refractivity contribution is 1.15. The van der Waals surface area contributed by atoms with Crippen LogP contribution < -0.4 is 4.90 Å². The number of hydrogen-bond donors (Lipinski definition) is 0. The van der Waals surface area contributed by atoms with E-state index in [0.717, 1.165) is 0 Å². The molecule has 0 aromatic heterocycles. The molecule has 3 aromatic rings. The van der Waals surface area contributed by atoms with Crippen molar-refractivity contribution in [2.45, 2.75) is 20.8 Å². The summed E-state index contributed by atoms with van der Waals surface area (Å²) in [6.07, 6.45) is 0. The van der Waals surface area contributed by atoms with Crippen LogP contribution in [0.5, 0.6) is 0 Å². The Hall–Kier alpha value is -2.54. The largest absolute Gasteiger partial charge is 0.344 e. The van der Waals surface area contributed by atoms with Gasteiger partial charge in [0.1, 0.15) is 0 Å². The van der Waals surface area contributed by atoms with Gasteiger partial charge >= 0.3 is 0 Å². The summed E-state index contributed by atoms with van der Waals surface area (Å²) in [5.41, 5.74) is 8.96. The van der Waals surface area contributed by atoms with Crippen molar-refractivity contribution >= 4 is 11.4 Å². The smallest absolute Gasteiger partial charge is 0.0467 e. The molecule has 3 aromatic carbocycles. The molecule has 0 saturated carbocycles. The van der Waals surface area contributed by atoms with Gasteiger partial charge in [0.25, 0.3) is 0 Å². The number of aryl methyl sites for hydroxylation is 3. The Balaban J connectivity index is 1.94. The van der Waals surface area contributed by atoms with Gasteiger partial charge in [-0.2, -0.15) is 0 Å². The fourth-order valence-electron chi connectivity index (χ4n) is 3.34. The van der Waals surface area contributed by atoms with E-state index in [9.17, 15) is 0 Å². The van der Waals surface area contributed by atoms with Crippen molar-refractivity contribution in [3.05, 3.63) is 83.4 Å². The molecule has 0 saturated heterocycles. The molecule has 23 heavy (non-hydrogen) atoms. The zero-order valence-corrected chi connectivity index (χ0v) is 14.3. The van der Waals surface area contributed by atoms with Crippen LogP contribution in [0.4, 0.5) is 11.4 Å². The molecule has 0 fully saturated rings. The molecule has 0 atom stereocenters. The van der Waals surface area contributed by atoms with Gasteiger partial charge in [-0.05, 0) is 55.2 Å². The van der Waals surface area contributed by atoms with E-state index in [1.165, 1.54) is 39.2 Å². The van der Waals surface area contributed by atoms with Crippen LogP contribution in [-0.4, -0.2) is 7.05 Å². The maximum absolute atomic E-state index is 2.28. The summed E-state index contributed by atoms with van der Waals surface area (Å²) in [7, 11) is 2.14. The SMILES string of the molecule is Cc1cc(C)c(N(C)c2ccc(-c3ccccc3)cc2)c(C)c1. The van der Waals surface area contributed by atoms with Crippen molar-refractivity contribution in [1.82, 2.24) is 0 Å². The molecule has 1 nitrogen and oxygen atoms in total. The summed E-state index contributed by atoms with van der Waals surface area (Å²) < 4.78 is 0. The molecule has 0 heterocycles. The van der Waals surface area contributed by atoms with Crippen LogP contribution in [0.3, 0.4) is 0 Å². The van der Waals surface area contributed by atoms with Crippen LogP contribution >= 0.6 is 0 Å². The maximum atomic E-state index is 2.28. The van der Waals surface area contributed by atoms with E-state index in [0.29, 0.717) is 0 Å². The molecule has 0 radical (unpaired) electrons. The normalized spacial score (nSPS) is 10.6. The van der Waals surface area contributed by atoms with Gasteiger partial charge < -0.3 is 4.90 Å². The third-order valence-corrected chi connectivity index (χ3v) is 4.33. The predicted molar refractivity (Wildman–Crippen MR) is 101 cm³/mol. The highest BCUT2D eigenvalue weighted by Gasteiger charge is 2.11. The number of benzene rings is 3. The highest BCUT2D eigenvalue weighted by molar-refractivity contribution is 5.72. The van der Waals surface area contributed by atoms with Gasteiger partial charge in [-0.1, -0.05) is 60.2 Å². The van der Waals surface area contributed by atoms with E-state index in [4.69, 9.17) is 0 Å². The molecule has 0 aliphatic rings. The summed E-state index contributed by atoms with van der Waals surface area (Å²) in [4.78, 5) is 2.28. The number of hydrogen-bond acceptors (Lipinski definition) is 1. The third-order valence-electron chi connectivity index (χ3n) is 4.33. The lowest BCUT2D eigenvalue weighted by Crippen LogP contribution is -2.12. The molecule has 0 amide bonds. The van der Waals surface area contributed by atoms with E-state index in [1.807, 2.05) is 0 Å². The standard InChI is InChI=1S/C22H23N/c1-16-14-17(2)22(18(3)15-16)23(4)21-12-10-20(11-13-21)19-8-6-5-7-9-19/h5-15H,1-4H3. The van der Waals surface area contributed by atoms with Crippen LogP contribution in [0.1, 0.15) is 16.7 Å². The van der Waals surface area contributed by atoms with Crippen molar-refractivity contribution in [2.24, 2.45) is 0 Å². The third kappa shape index (κ3) is 3.14. The molecular weight excluding hydrogens is 278 g/mol. The van der Waals surface area contributed by atoms with Crippen LogP contribution in [-0.2, 0) is 0 Å². The average molecular weight is 301 g/mol. The second-order valence-electron chi connectivity index (χ2n) is 6.22. The minimum absolute atomic E-state index is 1.21. The van der Waals surface area contributed by atoms with Crippen LogP contribution in [0.25, 0.3) is 11.1 Å². The lowest BCUT2D eigenvalue weighted by Gasteiger charge is -2.24. The molecule has 0 spiro atoms. The summed E-state index contributed by atoms with van der Waals surface area (Å²) in [5, 5.41) is 0. The second-order valence-corrected chi connectivity index (χ2v) is 6.22. The van der Waals surface area contributed by atoms with E-state index in [2.05, 4.69) is 99.4 Å². The van der Waals surface area contributed by atoms with Gasteiger partial charge in [-0.15, -0.1) is 0 Å². The average Bonchev–Trinajstić information content (AvgIpc) is 2.55. The Morgan fingerprint density at radius 2 is 1.17 bits per heavy atom. The summed E-state index contributed by atoms with van der Waals surface area (Å²) in [6.45, 7) is 6.52. The van der Waals surface area contributed by atoms with Gasteiger partial charge in [-0.3, -0.25) is 0 Å². The first-order valence-electron chi connectivity index (χ1n) is 8.03. The van der Waals surface area contributed by atoms with Crippen molar-refractivity contribution in [2.75, 3.05) is 11.9 Å². The van der Waals surface area contributed by atoms with E-state index in [-0.39, 0.29) is 0 Å². The van der Waals surface area contributed by atoms with Crippen molar-refractivity contribution < 1.29 is 0 Å². The summed E-state index contributed by atoms with van der Waals surface area (Å²) in [5.74, 6) is 0. The monoisotopic (exact) mass is 301 g/mol. The first-order valence-corrected chi connectivity index (χ1v) is 8.03. The van der Waals surface area contributed by atoms with Gasteiger partial charge in [-0.25, -0.2) is 0 Å². The van der Waals surface area contributed by atoms with Crippen molar-refractivity contribution in [1.29, 1.82) is 0 Å². The molecule has 3 rings (SSSR count). The van der Waals surface area contributed by atoms with E-state index < -0.39 is 0 Å². The highest BCUT2D eigenvalue weighted by Crippen LogP contribution is 2.32. The van der Waals surface area contributed by atoms with Crippen LogP contribution in [0, 0.1) is 20.8 Å². The minimum Gasteiger partial charge on any atom is -0.344 e. The fourth-order valence-corrected chi connectivity index (χ4v) is 3.34. The molecule has 0 bridgehead atoms. The molecule has 0 aliphatic carbocycles. The van der Waals surface area contributed by atoms with Crippen molar-refractivity contribution in [3.8, 4) is 11.1 Å². The first kappa shape index (κ1) is 15.4. The van der Waals surface area contributed by atoms with Gasteiger partial charge in [0.05, 0.1) is 0 Å². The fraction of sp³-hybridized carbons (Fsp3) is 0.182.